The van der Waals surface area contributed by atoms with Gasteiger partial charge in [-0.25, -0.2) is 9.18 Å². The fraction of sp³-hybridized carbons (Fsp3) is 0.333. The van der Waals surface area contributed by atoms with Crippen molar-refractivity contribution in [1.29, 1.82) is 0 Å². The summed E-state index contributed by atoms with van der Waals surface area (Å²) >= 11 is 0. The number of amides is 1. The van der Waals surface area contributed by atoms with Gasteiger partial charge in [0.2, 0.25) is 0 Å². The van der Waals surface area contributed by atoms with Gasteiger partial charge in [-0.2, -0.15) is 0 Å². The third-order valence-corrected chi connectivity index (χ3v) is 5.14. The van der Waals surface area contributed by atoms with Crippen LogP contribution < -0.4 is 5.32 Å². The van der Waals surface area contributed by atoms with Crippen molar-refractivity contribution in [3.8, 4) is 0 Å². The number of hydrogen-bond acceptors (Lipinski definition) is 5. The van der Waals surface area contributed by atoms with Crippen LogP contribution in [0.2, 0.25) is 0 Å². The zero-order chi connectivity index (χ0) is 19.6. The number of aryl methyl sites for hydroxylation is 1. The Morgan fingerprint density at radius 2 is 1.96 bits per heavy atom. The lowest BCUT2D eigenvalue weighted by Gasteiger charge is -2.35. The minimum absolute atomic E-state index is 0.334. The maximum atomic E-state index is 13.2. The van der Waals surface area contributed by atoms with Crippen LogP contribution in [0.25, 0.3) is 0 Å². The molecule has 0 aromatic heterocycles. The van der Waals surface area contributed by atoms with Gasteiger partial charge >= 0.3 is 6.09 Å². The topological polar surface area (TPSA) is 63.2 Å². The van der Waals surface area contributed by atoms with E-state index in [1.165, 1.54) is 23.8 Å². The van der Waals surface area contributed by atoms with Crippen LogP contribution in [-0.4, -0.2) is 35.6 Å². The SMILES string of the molecule is Cc1ccc(C2=NOC3(CCN(OC(=O)Nc4cccc(F)c4)CC3)C2)cc1. The molecule has 1 spiro atoms. The van der Waals surface area contributed by atoms with Crippen molar-refractivity contribution >= 4 is 17.5 Å². The molecule has 2 aromatic carbocycles. The van der Waals surface area contributed by atoms with Crippen molar-refractivity contribution in [2.24, 2.45) is 5.16 Å². The van der Waals surface area contributed by atoms with Crippen molar-refractivity contribution in [2.45, 2.75) is 31.8 Å². The van der Waals surface area contributed by atoms with Crippen molar-refractivity contribution in [2.75, 3.05) is 18.4 Å². The Balaban J connectivity index is 1.28. The number of carbonyl (C=O) groups is 1. The molecule has 2 aliphatic heterocycles. The number of rotatable bonds is 3. The second kappa shape index (κ2) is 7.59. The molecule has 28 heavy (non-hydrogen) atoms. The summed E-state index contributed by atoms with van der Waals surface area (Å²) in [6.45, 7) is 3.15. The highest BCUT2D eigenvalue weighted by Gasteiger charge is 2.43. The average molecular weight is 383 g/mol. The van der Waals surface area contributed by atoms with Gasteiger partial charge in [-0.3, -0.25) is 5.32 Å². The monoisotopic (exact) mass is 383 g/mol. The Labute approximate surface area is 162 Å². The first-order valence-electron chi connectivity index (χ1n) is 9.33. The number of hydrogen-bond donors (Lipinski definition) is 1. The number of oxime groups is 1. The number of nitrogens with one attached hydrogen (secondary N) is 1. The number of carbonyl (C=O) groups excluding carboxylic acids is 1. The summed E-state index contributed by atoms with van der Waals surface area (Å²) in [7, 11) is 0. The molecule has 4 rings (SSSR count). The molecular weight excluding hydrogens is 361 g/mol. The Kier molecular flexibility index (Phi) is 5.00. The summed E-state index contributed by atoms with van der Waals surface area (Å²) < 4.78 is 13.2. The van der Waals surface area contributed by atoms with Gasteiger partial charge in [-0.15, -0.1) is 5.06 Å². The highest BCUT2D eigenvalue weighted by molar-refractivity contribution is 6.01. The largest absolute Gasteiger partial charge is 0.430 e. The van der Waals surface area contributed by atoms with Crippen LogP contribution in [0.4, 0.5) is 14.9 Å². The van der Waals surface area contributed by atoms with E-state index in [2.05, 4.69) is 41.7 Å². The second-order valence-corrected chi connectivity index (χ2v) is 7.30. The molecule has 6 nitrogen and oxygen atoms in total. The normalized spacial score (nSPS) is 18.4. The summed E-state index contributed by atoms with van der Waals surface area (Å²) in [5.74, 6) is -0.416. The Bertz CT molecular complexity index is 890. The Morgan fingerprint density at radius 1 is 1.21 bits per heavy atom. The highest BCUT2D eigenvalue weighted by atomic mass is 19.1. The van der Waals surface area contributed by atoms with Crippen LogP contribution >= 0.6 is 0 Å². The molecule has 0 radical (unpaired) electrons. The van der Waals surface area contributed by atoms with Crippen LogP contribution in [0.3, 0.4) is 0 Å². The lowest BCUT2D eigenvalue weighted by molar-refractivity contribution is -0.154. The van der Waals surface area contributed by atoms with Crippen molar-refractivity contribution in [3.05, 3.63) is 65.5 Å². The van der Waals surface area contributed by atoms with Crippen molar-refractivity contribution in [1.82, 2.24) is 5.06 Å². The molecule has 0 aliphatic carbocycles. The maximum absolute atomic E-state index is 13.2. The van der Waals surface area contributed by atoms with Gasteiger partial charge in [0.1, 0.15) is 11.4 Å². The zero-order valence-electron chi connectivity index (χ0n) is 15.7. The zero-order valence-corrected chi connectivity index (χ0v) is 15.7. The van der Waals surface area contributed by atoms with Crippen LogP contribution in [0.5, 0.6) is 0 Å². The average Bonchev–Trinajstić information content (AvgIpc) is 3.08. The number of nitrogens with zero attached hydrogens (tertiary/aromatic N) is 2. The molecule has 7 heteroatoms. The summed E-state index contributed by atoms with van der Waals surface area (Å²) in [5.41, 5.74) is 3.27. The standard InChI is InChI=1S/C21H22FN3O3/c1-15-5-7-16(8-6-15)19-14-21(28-24-19)9-11-25(12-10-21)27-20(26)23-18-4-2-3-17(22)13-18/h2-8,13H,9-12,14H2,1H3,(H,23,26). The molecule has 1 N–H and O–H groups in total. The first-order chi connectivity index (χ1) is 13.5. The van der Waals surface area contributed by atoms with E-state index in [9.17, 15) is 9.18 Å². The molecule has 1 fully saturated rings. The lowest BCUT2D eigenvalue weighted by Crippen LogP contribution is -2.45. The predicted octanol–water partition coefficient (Wildman–Crippen LogP) is 4.26. The molecule has 2 aromatic rings. The smallest absolute Gasteiger partial charge is 0.388 e. The number of benzene rings is 2. The minimum Gasteiger partial charge on any atom is -0.388 e. The van der Waals surface area contributed by atoms with Crippen LogP contribution in [0, 0.1) is 12.7 Å². The fourth-order valence-electron chi connectivity index (χ4n) is 3.50. The predicted molar refractivity (Wildman–Crippen MR) is 103 cm³/mol. The quantitative estimate of drug-likeness (QED) is 0.860. The molecule has 0 unspecified atom stereocenters. The van der Waals surface area contributed by atoms with Crippen LogP contribution in [-0.2, 0) is 9.68 Å². The van der Waals surface area contributed by atoms with E-state index in [0.717, 1.165) is 17.7 Å². The molecule has 2 heterocycles. The molecule has 1 saturated heterocycles. The van der Waals surface area contributed by atoms with E-state index in [1.54, 1.807) is 11.1 Å². The van der Waals surface area contributed by atoms with Gasteiger partial charge in [-0.1, -0.05) is 41.1 Å². The highest BCUT2D eigenvalue weighted by Crippen LogP contribution is 2.36. The van der Waals surface area contributed by atoms with E-state index >= 15 is 0 Å². The Morgan fingerprint density at radius 3 is 2.68 bits per heavy atom. The van der Waals surface area contributed by atoms with E-state index in [4.69, 9.17) is 9.68 Å². The lowest BCUT2D eigenvalue weighted by atomic mass is 9.86. The van der Waals surface area contributed by atoms with Crippen molar-refractivity contribution in [3.63, 3.8) is 0 Å². The number of anilines is 1. The molecule has 146 valence electrons. The van der Waals surface area contributed by atoms with Crippen LogP contribution in [0.15, 0.2) is 53.7 Å². The number of hydroxylamine groups is 2. The first kappa shape index (κ1) is 18.4. The number of piperidine rings is 1. The van der Waals surface area contributed by atoms with E-state index in [0.29, 0.717) is 31.6 Å². The molecular formula is C21H22FN3O3. The summed E-state index contributed by atoms with van der Waals surface area (Å²) in [6, 6.07) is 13.9. The van der Waals surface area contributed by atoms with Gasteiger partial charge in [0.15, 0.2) is 0 Å². The van der Waals surface area contributed by atoms with E-state index < -0.39 is 11.9 Å². The molecule has 0 atom stereocenters. The van der Waals surface area contributed by atoms with E-state index in [1.807, 2.05) is 0 Å². The van der Waals surface area contributed by atoms with Gasteiger partial charge < -0.3 is 9.68 Å². The van der Waals surface area contributed by atoms with Gasteiger partial charge in [0.05, 0.1) is 5.71 Å². The van der Waals surface area contributed by atoms with Gasteiger partial charge in [0.25, 0.3) is 0 Å². The molecule has 0 bridgehead atoms. The first-order valence-corrected chi connectivity index (χ1v) is 9.33. The molecule has 2 aliphatic rings. The van der Waals surface area contributed by atoms with E-state index in [-0.39, 0.29) is 5.60 Å². The summed E-state index contributed by atoms with van der Waals surface area (Å²) in [4.78, 5) is 23.2. The van der Waals surface area contributed by atoms with Gasteiger partial charge in [0, 0.05) is 38.0 Å². The minimum atomic E-state index is -0.634. The molecule has 1 amide bonds. The molecule has 0 saturated carbocycles. The third-order valence-electron chi connectivity index (χ3n) is 5.14. The van der Waals surface area contributed by atoms with Crippen molar-refractivity contribution < 1.29 is 18.9 Å². The van der Waals surface area contributed by atoms with Gasteiger partial charge in [-0.05, 0) is 30.7 Å². The second-order valence-electron chi connectivity index (χ2n) is 7.30. The maximum Gasteiger partial charge on any atom is 0.430 e. The summed E-state index contributed by atoms with van der Waals surface area (Å²) in [6.07, 6.45) is 1.53. The fourth-order valence-corrected chi connectivity index (χ4v) is 3.50. The summed E-state index contributed by atoms with van der Waals surface area (Å²) in [5, 5.41) is 8.44. The third kappa shape index (κ3) is 4.14. The number of halogens is 1. The van der Waals surface area contributed by atoms with Crippen LogP contribution in [0.1, 0.15) is 30.4 Å². The Hall–Kier alpha value is -2.93.